The summed E-state index contributed by atoms with van der Waals surface area (Å²) >= 11 is 0. The van der Waals surface area contributed by atoms with Crippen molar-refractivity contribution in [3.63, 3.8) is 0 Å². The molecule has 2 atom stereocenters. The summed E-state index contributed by atoms with van der Waals surface area (Å²) in [5.74, 6) is 1.04. The van der Waals surface area contributed by atoms with Crippen LogP contribution in [0.2, 0.25) is 0 Å². The SMILES string of the molecule is c1ccc([C@@H]2COC(C3=N[C@H](c4ccccc4)CO3)=N2)cc1. The molecule has 0 radical (unpaired) electrons. The van der Waals surface area contributed by atoms with Crippen LogP contribution in [0.5, 0.6) is 0 Å². The third kappa shape index (κ3) is 2.48. The van der Waals surface area contributed by atoms with Crippen molar-refractivity contribution in [3.05, 3.63) is 71.8 Å². The normalized spacial score (nSPS) is 23.5. The Morgan fingerprint density at radius 3 is 1.45 bits per heavy atom. The Morgan fingerprint density at radius 1 is 0.636 bits per heavy atom. The average Bonchev–Trinajstić information content (AvgIpc) is 3.26. The zero-order valence-corrected chi connectivity index (χ0v) is 12.1. The molecule has 110 valence electrons. The van der Waals surface area contributed by atoms with E-state index in [1.165, 1.54) is 0 Å². The highest BCUT2D eigenvalue weighted by Gasteiger charge is 2.30. The average molecular weight is 292 g/mol. The van der Waals surface area contributed by atoms with Gasteiger partial charge in [0.25, 0.3) is 11.8 Å². The van der Waals surface area contributed by atoms with E-state index in [2.05, 4.69) is 34.3 Å². The van der Waals surface area contributed by atoms with E-state index < -0.39 is 0 Å². The van der Waals surface area contributed by atoms with E-state index in [0.717, 1.165) is 11.1 Å². The number of ether oxygens (including phenoxy) is 2. The molecule has 2 heterocycles. The van der Waals surface area contributed by atoms with Crippen molar-refractivity contribution in [1.29, 1.82) is 0 Å². The zero-order chi connectivity index (χ0) is 14.8. The Hall–Kier alpha value is -2.62. The molecule has 0 amide bonds. The topological polar surface area (TPSA) is 43.2 Å². The lowest BCUT2D eigenvalue weighted by Crippen LogP contribution is -2.14. The summed E-state index contributed by atoms with van der Waals surface area (Å²) in [6.45, 7) is 1.08. The van der Waals surface area contributed by atoms with Gasteiger partial charge in [-0.15, -0.1) is 0 Å². The van der Waals surface area contributed by atoms with Crippen molar-refractivity contribution >= 4 is 11.8 Å². The quantitative estimate of drug-likeness (QED) is 0.871. The van der Waals surface area contributed by atoms with Crippen molar-refractivity contribution in [2.45, 2.75) is 12.1 Å². The molecule has 22 heavy (non-hydrogen) atoms. The first-order chi connectivity index (χ1) is 10.9. The molecule has 4 heteroatoms. The van der Waals surface area contributed by atoms with Crippen LogP contribution in [0.1, 0.15) is 23.2 Å². The van der Waals surface area contributed by atoms with Gasteiger partial charge in [-0.25, -0.2) is 9.98 Å². The molecule has 2 aliphatic heterocycles. The Morgan fingerprint density at radius 2 is 1.05 bits per heavy atom. The van der Waals surface area contributed by atoms with E-state index in [0.29, 0.717) is 25.0 Å². The van der Waals surface area contributed by atoms with E-state index in [1.54, 1.807) is 0 Å². The molecule has 2 aromatic carbocycles. The van der Waals surface area contributed by atoms with Gasteiger partial charge in [0.2, 0.25) is 0 Å². The van der Waals surface area contributed by atoms with Crippen LogP contribution in [0.15, 0.2) is 70.6 Å². The zero-order valence-electron chi connectivity index (χ0n) is 12.1. The molecule has 0 N–H and O–H groups in total. The van der Waals surface area contributed by atoms with Gasteiger partial charge in [-0.3, -0.25) is 0 Å². The fraction of sp³-hybridized carbons (Fsp3) is 0.222. The molecule has 0 saturated carbocycles. The van der Waals surface area contributed by atoms with Gasteiger partial charge in [0.05, 0.1) is 0 Å². The van der Waals surface area contributed by atoms with Gasteiger partial charge in [0, 0.05) is 0 Å². The highest BCUT2D eigenvalue weighted by molar-refractivity contribution is 6.36. The summed E-state index contributed by atoms with van der Waals surface area (Å²) in [6.07, 6.45) is 0. The number of nitrogens with zero attached hydrogens (tertiary/aromatic N) is 2. The van der Waals surface area contributed by atoms with Crippen LogP contribution in [0.4, 0.5) is 0 Å². The maximum atomic E-state index is 5.68. The maximum absolute atomic E-state index is 5.68. The van der Waals surface area contributed by atoms with E-state index in [4.69, 9.17) is 9.47 Å². The third-order valence-electron chi connectivity index (χ3n) is 3.85. The molecular formula is C18H16N2O2. The Kier molecular flexibility index (Phi) is 3.35. The minimum absolute atomic E-state index is 0.0262. The third-order valence-corrected chi connectivity index (χ3v) is 3.85. The van der Waals surface area contributed by atoms with E-state index in [1.807, 2.05) is 36.4 Å². The lowest BCUT2D eigenvalue weighted by molar-refractivity contribution is 0.295. The van der Waals surface area contributed by atoms with Crippen molar-refractivity contribution in [3.8, 4) is 0 Å². The second-order valence-electron chi connectivity index (χ2n) is 5.34. The predicted molar refractivity (Wildman–Crippen MR) is 85.1 cm³/mol. The Bertz CT molecular complexity index is 647. The first kappa shape index (κ1) is 13.1. The highest BCUT2D eigenvalue weighted by atomic mass is 16.5. The second kappa shape index (κ2) is 5.64. The summed E-state index contributed by atoms with van der Waals surface area (Å²) in [4.78, 5) is 9.21. The van der Waals surface area contributed by atoms with Crippen LogP contribution in [0, 0.1) is 0 Å². The fourth-order valence-corrected chi connectivity index (χ4v) is 2.67. The fourth-order valence-electron chi connectivity index (χ4n) is 2.67. The van der Waals surface area contributed by atoms with E-state index in [-0.39, 0.29) is 12.1 Å². The van der Waals surface area contributed by atoms with Crippen LogP contribution >= 0.6 is 0 Å². The van der Waals surface area contributed by atoms with Crippen LogP contribution in [-0.2, 0) is 9.47 Å². The number of aliphatic imine (C=N–C) groups is 2. The molecule has 4 nitrogen and oxygen atoms in total. The van der Waals surface area contributed by atoms with Gasteiger partial charge in [-0.05, 0) is 11.1 Å². The summed E-state index contributed by atoms with van der Waals surface area (Å²) in [6, 6.07) is 20.3. The second-order valence-corrected chi connectivity index (χ2v) is 5.34. The minimum atomic E-state index is 0.0262. The lowest BCUT2D eigenvalue weighted by Gasteiger charge is -2.03. The Balaban J connectivity index is 1.54. The molecule has 0 saturated heterocycles. The van der Waals surface area contributed by atoms with Gasteiger partial charge >= 0.3 is 0 Å². The first-order valence-corrected chi connectivity index (χ1v) is 7.41. The van der Waals surface area contributed by atoms with E-state index >= 15 is 0 Å². The van der Waals surface area contributed by atoms with Crippen molar-refractivity contribution in [2.75, 3.05) is 13.2 Å². The van der Waals surface area contributed by atoms with Crippen LogP contribution in [0.3, 0.4) is 0 Å². The molecule has 0 fully saturated rings. The predicted octanol–water partition coefficient (Wildman–Crippen LogP) is 3.33. The monoisotopic (exact) mass is 292 g/mol. The number of rotatable bonds is 3. The lowest BCUT2D eigenvalue weighted by atomic mass is 10.1. The maximum Gasteiger partial charge on any atom is 0.273 e. The van der Waals surface area contributed by atoms with E-state index in [9.17, 15) is 0 Å². The van der Waals surface area contributed by atoms with Crippen molar-refractivity contribution < 1.29 is 9.47 Å². The Labute approximate surface area is 129 Å². The van der Waals surface area contributed by atoms with Gasteiger partial charge in [-0.1, -0.05) is 60.7 Å². The standard InChI is InChI=1S/C18H16N2O2/c1-3-7-13(8-4-1)15-11-21-17(19-15)18-20-16(12-22-18)14-9-5-2-6-10-14/h1-10,15-16H,11-12H2/t15-,16-/m0/s1. The molecule has 2 aliphatic rings. The molecular weight excluding hydrogens is 276 g/mol. The summed E-state index contributed by atoms with van der Waals surface area (Å²) in [5, 5.41) is 0. The molecule has 0 spiro atoms. The number of benzene rings is 2. The molecule has 0 bridgehead atoms. The number of hydrogen-bond donors (Lipinski definition) is 0. The molecule has 0 aliphatic carbocycles. The summed E-state index contributed by atoms with van der Waals surface area (Å²) < 4.78 is 11.4. The van der Waals surface area contributed by atoms with Gasteiger partial charge in [-0.2, -0.15) is 0 Å². The molecule has 2 aromatic rings. The van der Waals surface area contributed by atoms with Gasteiger partial charge in [0.15, 0.2) is 0 Å². The minimum Gasteiger partial charge on any atom is -0.471 e. The smallest absolute Gasteiger partial charge is 0.273 e. The first-order valence-electron chi connectivity index (χ1n) is 7.41. The van der Waals surface area contributed by atoms with Crippen LogP contribution < -0.4 is 0 Å². The molecule has 0 unspecified atom stereocenters. The molecule has 4 rings (SSSR count). The van der Waals surface area contributed by atoms with Crippen LogP contribution in [-0.4, -0.2) is 25.0 Å². The van der Waals surface area contributed by atoms with Gasteiger partial charge in [0.1, 0.15) is 25.3 Å². The van der Waals surface area contributed by atoms with Crippen molar-refractivity contribution in [1.82, 2.24) is 0 Å². The molecule has 0 aromatic heterocycles. The van der Waals surface area contributed by atoms with Crippen molar-refractivity contribution in [2.24, 2.45) is 9.98 Å². The number of hydrogen-bond acceptors (Lipinski definition) is 4. The van der Waals surface area contributed by atoms with Crippen LogP contribution in [0.25, 0.3) is 0 Å². The summed E-state index contributed by atoms with van der Waals surface area (Å²) in [5.41, 5.74) is 2.30. The highest BCUT2D eigenvalue weighted by Crippen LogP contribution is 2.27. The largest absolute Gasteiger partial charge is 0.471 e. The summed E-state index contributed by atoms with van der Waals surface area (Å²) in [7, 11) is 0. The van der Waals surface area contributed by atoms with Gasteiger partial charge < -0.3 is 9.47 Å².